The first-order valence-electron chi connectivity index (χ1n) is 11.1. The maximum Gasteiger partial charge on any atom is 0.321 e. The molecule has 1 N–H and O–H groups in total. The van der Waals surface area contributed by atoms with Crippen LogP contribution >= 0.6 is 11.6 Å². The van der Waals surface area contributed by atoms with Crippen LogP contribution in [0.4, 0.5) is 16.3 Å². The zero-order chi connectivity index (χ0) is 23.7. The molecule has 5 rings (SSSR count). The van der Waals surface area contributed by atoms with Gasteiger partial charge in [-0.05, 0) is 41.8 Å². The normalized spacial score (nSPS) is 14.2. The van der Waals surface area contributed by atoms with Crippen molar-refractivity contribution in [2.24, 2.45) is 4.99 Å². The van der Waals surface area contributed by atoms with Gasteiger partial charge in [-0.2, -0.15) is 0 Å². The van der Waals surface area contributed by atoms with Gasteiger partial charge in [-0.25, -0.2) is 14.8 Å². The maximum atomic E-state index is 12.3. The molecule has 0 unspecified atom stereocenters. The molecule has 1 saturated heterocycles. The third-order valence-corrected chi connectivity index (χ3v) is 6.41. The number of hydrogen-bond donors (Lipinski definition) is 1. The lowest BCUT2D eigenvalue weighted by molar-refractivity contribution is -0.139. The van der Waals surface area contributed by atoms with E-state index in [0.29, 0.717) is 22.9 Å². The summed E-state index contributed by atoms with van der Waals surface area (Å²) in [5, 5.41) is 3.51. The average Bonchev–Trinajstić information content (AvgIpc) is 3.22. The van der Waals surface area contributed by atoms with E-state index in [1.165, 1.54) is 7.11 Å². The SMILES string of the molecule is COC(=O)Cc1ccc(-c2cnc3c(c2)CC(c2cc(NC(=O)N4CCC4)ccc2Cl)=N3)cc1. The van der Waals surface area contributed by atoms with Gasteiger partial charge in [0.05, 0.1) is 19.2 Å². The zero-order valence-electron chi connectivity index (χ0n) is 18.7. The molecule has 0 saturated carbocycles. The van der Waals surface area contributed by atoms with E-state index in [0.717, 1.165) is 53.0 Å². The van der Waals surface area contributed by atoms with Gasteiger partial charge in [0.2, 0.25) is 0 Å². The van der Waals surface area contributed by atoms with Crippen molar-refractivity contribution in [2.75, 3.05) is 25.5 Å². The number of rotatable bonds is 5. The molecule has 0 radical (unpaired) electrons. The summed E-state index contributed by atoms with van der Waals surface area (Å²) in [6.45, 7) is 1.58. The number of nitrogens with zero attached hydrogens (tertiary/aromatic N) is 3. The maximum absolute atomic E-state index is 12.3. The third kappa shape index (κ3) is 4.52. The summed E-state index contributed by atoms with van der Waals surface area (Å²) in [6.07, 6.45) is 3.68. The van der Waals surface area contributed by atoms with Gasteiger partial charge < -0.3 is 15.0 Å². The van der Waals surface area contributed by atoms with Crippen LogP contribution in [0, 0.1) is 0 Å². The molecule has 2 aliphatic heterocycles. The Morgan fingerprint density at radius 3 is 2.59 bits per heavy atom. The van der Waals surface area contributed by atoms with Gasteiger partial charge in [0.1, 0.15) is 0 Å². The van der Waals surface area contributed by atoms with Crippen molar-refractivity contribution in [1.82, 2.24) is 9.88 Å². The van der Waals surface area contributed by atoms with Crippen molar-refractivity contribution in [2.45, 2.75) is 19.3 Å². The zero-order valence-corrected chi connectivity index (χ0v) is 19.4. The number of hydrogen-bond acceptors (Lipinski definition) is 5. The number of nitrogens with one attached hydrogen (secondary N) is 1. The van der Waals surface area contributed by atoms with Gasteiger partial charge in [-0.1, -0.05) is 35.9 Å². The van der Waals surface area contributed by atoms with E-state index < -0.39 is 0 Å². The molecule has 1 fully saturated rings. The van der Waals surface area contributed by atoms with Crippen molar-refractivity contribution < 1.29 is 14.3 Å². The quantitative estimate of drug-likeness (QED) is 0.525. The summed E-state index contributed by atoms with van der Waals surface area (Å²) < 4.78 is 4.72. The Bertz CT molecular complexity index is 1300. The number of anilines is 1. The number of pyridine rings is 1. The molecule has 34 heavy (non-hydrogen) atoms. The molecule has 1 aromatic heterocycles. The second kappa shape index (κ2) is 9.27. The van der Waals surface area contributed by atoms with Crippen LogP contribution in [0.25, 0.3) is 11.1 Å². The number of fused-ring (bicyclic) bond motifs is 1. The highest BCUT2D eigenvalue weighted by atomic mass is 35.5. The Hall–Kier alpha value is -3.71. The van der Waals surface area contributed by atoms with Gasteiger partial charge in [0.25, 0.3) is 0 Å². The molecule has 2 amide bonds. The Morgan fingerprint density at radius 2 is 1.88 bits per heavy atom. The van der Waals surface area contributed by atoms with Crippen molar-refractivity contribution in [3.8, 4) is 11.1 Å². The fourth-order valence-corrected chi connectivity index (χ4v) is 4.22. The molecule has 0 bridgehead atoms. The first-order chi connectivity index (χ1) is 16.5. The molecule has 8 heteroatoms. The van der Waals surface area contributed by atoms with Crippen LogP contribution in [0.15, 0.2) is 59.7 Å². The van der Waals surface area contributed by atoms with Gasteiger partial charge in [-0.15, -0.1) is 0 Å². The summed E-state index contributed by atoms with van der Waals surface area (Å²) in [6, 6.07) is 15.2. The number of benzene rings is 2. The topological polar surface area (TPSA) is 83.9 Å². The minimum atomic E-state index is -0.264. The third-order valence-electron chi connectivity index (χ3n) is 6.08. The van der Waals surface area contributed by atoms with Crippen molar-refractivity contribution in [3.05, 3.63) is 76.4 Å². The lowest BCUT2D eigenvalue weighted by Crippen LogP contribution is -2.44. The minimum absolute atomic E-state index is 0.0971. The lowest BCUT2D eigenvalue weighted by Gasteiger charge is -2.30. The second-order valence-electron chi connectivity index (χ2n) is 8.36. The minimum Gasteiger partial charge on any atom is -0.469 e. The number of carbonyl (C=O) groups excluding carboxylic acids is 2. The van der Waals surface area contributed by atoms with Crippen LogP contribution < -0.4 is 5.32 Å². The van der Waals surface area contributed by atoms with E-state index in [2.05, 4.69) is 16.4 Å². The van der Waals surface area contributed by atoms with Crippen molar-refractivity contribution in [1.29, 1.82) is 0 Å². The predicted molar refractivity (Wildman–Crippen MR) is 132 cm³/mol. The highest BCUT2D eigenvalue weighted by Crippen LogP contribution is 2.33. The standard InChI is InChI=1S/C26H23ClN4O3/c1-34-24(32)11-16-3-5-17(6-4-16)19-12-18-13-23(30-25(18)28-15-19)21-14-20(7-8-22(21)27)29-26(33)31-9-2-10-31/h3-8,12,14-15H,2,9-11,13H2,1H3,(H,29,33). The summed E-state index contributed by atoms with van der Waals surface area (Å²) >= 11 is 6.49. The summed E-state index contributed by atoms with van der Waals surface area (Å²) in [7, 11) is 1.39. The predicted octanol–water partition coefficient (Wildman–Crippen LogP) is 5.03. The van der Waals surface area contributed by atoms with E-state index in [4.69, 9.17) is 21.3 Å². The summed E-state index contributed by atoms with van der Waals surface area (Å²) in [5.41, 5.74) is 6.18. The highest BCUT2D eigenvalue weighted by Gasteiger charge is 2.23. The van der Waals surface area contributed by atoms with Crippen molar-refractivity contribution >= 4 is 40.8 Å². The number of aromatic nitrogens is 1. The number of halogens is 1. The number of carbonyl (C=O) groups is 2. The first kappa shape index (κ1) is 22.1. The Kier molecular flexibility index (Phi) is 6.02. The van der Waals surface area contributed by atoms with E-state index >= 15 is 0 Å². The first-order valence-corrected chi connectivity index (χ1v) is 11.5. The molecule has 7 nitrogen and oxygen atoms in total. The molecule has 2 aliphatic rings. The number of ether oxygens (including phenoxy) is 1. The largest absolute Gasteiger partial charge is 0.469 e. The average molecular weight is 475 g/mol. The lowest BCUT2D eigenvalue weighted by atomic mass is 10.0. The van der Waals surface area contributed by atoms with E-state index in [1.54, 1.807) is 23.2 Å². The van der Waals surface area contributed by atoms with E-state index in [1.807, 2.05) is 30.3 Å². The fraction of sp³-hybridized carbons (Fsp3) is 0.231. The van der Waals surface area contributed by atoms with Crippen LogP contribution in [0.1, 0.15) is 23.1 Å². The molecule has 3 heterocycles. The van der Waals surface area contributed by atoms with Crippen molar-refractivity contribution in [3.63, 3.8) is 0 Å². The fourth-order valence-electron chi connectivity index (χ4n) is 3.99. The molecule has 172 valence electrons. The Labute approximate surface area is 202 Å². The van der Waals surface area contributed by atoms with Crippen LogP contribution in [0.3, 0.4) is 0 Å². The van der Waals surface area contributed by atoms with Gasteiger partial charge in [-0.3, -0.25) is 4.79 Å². The number of urea groups is 1. The summed E-state index contributed by atoms with van der Waals surface area (Å²) in [4.78, 5) is 34.8. The second-order valence-corrected chi connectivity index (χ2v) is 8.76. The summed E-state index contributed by atoms with van der Waals surface area (Å²) in [5.74, 6) is 0.409. The van der Waals surface area contributed by atoms with Crippen LogP contribution in [0.2, 0.25) is 5.02 Å². The van der Waals surface area contributed by atoms with Crippen LogP contribution in [0.5, 0.6) is 0 Å². The Balaban J connectivity index is 1.33. The molecule has 3 aromatic rings. The number of methoxy groups -OCH3 is 1. The number of esters is 1. The number of aliphatic imine (C=N–C) groups is 1. The number of amides is 2. The highest BCUT2D eigenvalue weighted by molar-refractivity contribution is 6.34. The smallest absolute Gasteiger partial charge is 0.321 e. The van der Waals surface area contributed by atoms with E-state index in [9.17, 15) is 9.59 Å². The molecule has 0 aliphatic carbocycles. The molecule has 2 aromatic carbocycles. The Morgan fingerprint density at radius 1 is 1.09 bits per heavy atom. The molecule has 0 spiro atoms. The van der Waals surface area contributed by atoms with Gasteiger partial charge in [0, 0.05) is 53.1 Å². The van der Waals surface area contributed by atoms with Gasteiger partial charge in [0.15, 0.2) is 5.82 Å². The van der Waals surface area contributed by atoms with E-state index in [-0.39, 0.29) is 18.4 Å². The molecular weight excluding hydrogens is 452 g/mol. The molecule has 0 atom stereocenters. The van der Waals surface area contributed by atoms with Crippen LogP contribution in [-0.2, 0) is 22.4 Å². The van der Waals surface area contributed by atoms with Gasteiger partial charge >= 0.3 is 12.0 Å². The number of likely N-dealkylation sites (tertiary alicyclic amines) is 1. The monoisotopic (exact) mass is 474 g/mol. The van der Waals surface area contributed by atoms with Crippen LogP contribution in [-0.4, -0.2) is 47.8 Å². The molecular formula is C26H23ClN4O3.